The van der Waals surface area contributed by atoms with Crippen molar-refractivity contribution in [2.75, 3.05) is 0 Å². The van der Waals surface area contributed by atoms with E-state index in [-0.39, 0.29) is 23.6 Å². The van der Waals surface area contributed by atoms with Crippen LogP contribution >= 0.6 is 23.2 Å². The van der Waals surface area contributed by atoms with Crippen molar-refractivity contribution in [3.63, 3.8) is 0 Å². The van der Waals surface area contributed by atoms with E-state index < -0.39 is 5.97 Å². The highest BCUT2D eigenvalue weighted by atomic mass is 35.5. The zero-order valence-electron chi connectivity index (χ0n) is 7.67. The average molecular weight is 244 g/mol. The first-order chi connectivity index (χ1) is 7.15. The fourth-order valence-corrected chi connectivity index (χ4v) is 1.22. The van der Waals surface area contributed by atoms with Gasteiger partial charge in [0.15, 0.2) is 5.75 Å². The highest BCUT2D eigenvalue weighted by Gasteiger charge is 2.09. The summed E-state index contributed by atoms with van der Waals surface area (Å²) in [7, 11) is 0. The molecule has 0 aliphatic carbocycles. The van der Waals surface area contributed by atoms with E-state index >= 15 is 0 Å². The third kappa shape index (κ3) is 3.43. The van der Waals surface area contributed by atoms with Crippen LogP contribution in [0.15, 0.2) is 18.2 Å². The quantitative estimate of drug-likeness (QED) is 0.605. The molecule has 1 aromatic carbocycles. The third-order valence-electron chi connectivity index (χ3n) is 1.58. The Labute approximate surface area is 97.2 Å². The molecule has 15 heavy (non-hydrogen) atoms. The normalized spacial score (nSPS) is 9.40. The number of carbonyl (C=O) groups is 1. The zero-order chi connectivity index (χ0) is 11.3. The van der Waals surface area contributed by atoms with Crippen molar-refractivity contribution in [1.82, 2.24) is 0 Å². The molecule has 3 nitrogen and oxygen atoms in total. The summed E-state index contributed by atoms with van der Waals surface area (Å²) in [5, 5.41) is 8.80. The van der Waals surface area contributed by atoms with Crippen molar-refractivity contribution in [3.8, 4) is 11.8 Å². The first kappa shape index (κ1) is 11.8. The maximum Gasteiger partial charge on any atom is 0.312 e. The molecule has 0 saturated heterocycles. The van der Waals surface area contributed by atoms with E-state index in [1.54, 1.807) is 18.2 Å². The lowest BCUT2D eigenvalue weighted by Gasteiger charge is -2.05. The second kappa shape index (κ2) is 5.59. The van der Waals surface area contributed by atoms with Crippen LogP contribution < -0.4 is 4.74 Å². The molecule has 0 aromatic heterocycles. The van der Waals surface area contributed by atoms with E-state index in [2.05, 4.69) is 0 Å². The zero-order valence-corrected chi connectivity index (χ0v) is 9.18. The van der Waals surface area contributed by atoms with Crippen LogP contribution in [0.2, 0.25) is 10.0 Å². The largest absolute Gasteiger partial charge is 0.425 e. The van der Waals surface area contributed by atoms with Crippen molar-refractivity contribution in [1.29, 1.82) is 5.26 Å². The topological polar surface area (TPSA) is 50.1 Å². The lowest BCUT2D eigenvalue weighted by molar-refractivity contribution is -0.134. The Kier molecular flexibility index (Phi) is 4.41. The van der Waals surface area contributed by atoms with Gasteiger partial charge in [-0.3, -0.25) is 4.79 Å². The van der Waals surface area contributed by atoms with Gasteiger partial charge in [-0.2, -0.15) is 5.26 Å². The SMILES string of the molecule is N#CCCC(=O)Oc1cccc(Cl)c1Cl. The highest BCUT2D eigenvalue weighted by molar-refractivity contribution is 6.43. The van der Waals surface area contributed by atoms with Gasteiger partial charge in [-0.1, -0.05) is 29.3 Å². The summed E-state index contributed by atoms with van der Waals surface area (Å²) in [4.78, 5) is 11.2. The number of nitrogens with zero attached hydrogens (tertiary/aromatic N) is 1. The van der Waals surface area contributed by atoms with Crippen LogP contribution in [0.5, 0.6) is 5.75 Å². The number of benzene rings is 1. The number of carbonyl (C=O) groups excluding carboxylic acids is 1. The Balaban J connectivity index is 2.69. The fraction of sp³-hybridized carbons (Fsp3) is 0.200. The molecule has 0 saturated carbocycles. The first-order valence-corrected chi connectivity index (χ1v) is 4.92. The Bertz CT molecular complexity index is 412. The molecule has 0 N–H and O–H groups in total. The van der Waals surface area contributed by atoms with Gasteiger partial charge in [0.2, 0.25) is 0 Å². The summed E-state index contributed by atoms with van der Waals surface area (Å²) >= 11 is 11.5. The predicted molar refractivity (Wildman–Crippen MR) is 56.9 cm³/mol. The summed E-state index contributed by atoms with van der Waals surface area (Å²) in [5.41, 5.74) is 0. The van der Waals surface area contributed by atoms with Crippen molar-refractivity contribution >= 4 is 29.2 Å². The van der Waals surface area contributed by atoms with Gasteiger partial charge in [-0.25, -0.2) is 0 Å². The van der Waals surface area contributed by atoms with E-state index in [1.807, 2.05) is 6.07 Å². The van der Waals surface area contributed by atoms with Gasteiger partial charge in [0.05, 0.1) is 17.5 Å². The number of hydrogen-bond acceptors (Lipinski definition) is 3. The smallest absolute Gasteiger partial charge is 0.312 e. The van der Waals surface area contributed by atoms with E-state index in [1.165, 1.54) is 0 Å². The molecule has 0 spiro atoms. The van der Waals surface area contributed by atoms with Crippen molar-refractivity contribution in [3.05, 3.63) is 28.2 Å². The van der Waals surface area contributed by atoms with Crippen LogP contribution in [0.3, 0.4) is 0 Å². The van der Waals surface area contributed by atoms with Crippen molar-refractivity contribution in [2.45, 2.75) is 12.8 Å². The molecule has 0 amide bonds. The maximum atomic E-state index is 11.2. The van der Waals surface area contributed by atoms with E-state index in [9.17, 15) is 4.79 Å². The standard InChI is InChI=1S/C10H7Cl2NO2/c11-7-3-1-4-8(10(7)12)15-9(14)5-2-6-13/h1,3-4H,2,5H2. The Hall–Kier alpha value is -1.24. The van der Waals surface area contributed by atoms with E-state index in [4.69, 9.17) is 33.2 Å². The van der Waals surface area contributed by atoms with Crippen LogP contribution in [0, 0.1) is 11.3 Å². The van der Waals surface area contributed by atoms with Crippen molar-refractivity contribution in [2.24, 2.45) is 0 Å². The number of halogens is 2. The third-order valence-corrected chi connectivity index (χ3v) is 2.38. The molecule has 78 valence electrons. The molecule has 0 unspecified atom stereocenters. The fourth-order valence-electron chi connectivity index (χ4n) is 0.894. The van der Waals surface area contributed by atoms with Crippen LogP contribution in [-0.4, -0.2) is 5.97 Å². The number of ether oxygens (including phenoxy) is 1. The lowest BCUT2D eigenvalue weighted by Crippen LogP contribution is -2.07. The Morgan fingerprint density at radius 2 is 2.20 bits per heavy atom. The number of esters is 1. The summed E-state index contributed by atoms with van der Waals surface area (Å²) in [5.74, 6) is -0.284. The second-order valence-corrected chi connectivity index (χ2v) is 3.47. The van der Waals surface area contributed by atoms with E-state index in [0.29, 0.717) is 5.02 Å². The van der Waals surface area contributed by atoms with Crippen molar-refractivity contribution < 1.29 is 9.53 Å². The molecule has 0 atom stereocenters. The summed E-state index contributed by atoms with van der Waals surface area (Å²) in [6.45, 7) is 0. The monoisotopic (exact) mass is 243 g/mol. The van der Waals surface area contributed by atoms with Gasteiger partial charge < -0.3 is 4.74 Å². The average Bonchev–Trinajstić information content (AvgIpc) is 2.22. The molecule has 0 fully saturated rings. The van der Waals surface area contributed by atoms with Gasteiger partial charge in [-0.15, -0.1) is 0 Å². The molecule has 0 bridgehead atoms. The van der Waals surface area contributed by atoms with Crippen LogP contribution in [-0.2, 0) is 4.79 Å². The molecular weight excluding hydrogens is 237 g/mol. The number of rotatable bonds is 3. The van der Waals surface area contributed by atoms with Gasteiger partial charge >= 0.3 is 5.97 Å². The molecule has 0 radical (unpaired) electrons. The minimum absolute atomic E-state index is 0.0410. The maximum absolute atomic E-state index is 11.2. The molecule has 0 aliphatic heterocycles. The lowest BCUT2D eigenvalue weighted by atomic mass is 10.3. The molecule has 1 rings (SSSR count). The minimum Gasteiger partial charge on any atom is -0.425 e. The molecular formula is C10H7Cl2NO2. The first-order valence-electron chi connectivity index (χ1n) is 4.17. The minimum atomic E-state index is -0.499. The Morgan fingerprint density at radius 1 is 1.47 bits per heavy atom. The highest BCUT2D eigenvalue weighted by Crippen LogP contribution is 2.31. The molecule has 0 aliphatic rings. The summed E-state index contributed by atoms with van der Waals surface area (Å²) < 4.78 is 4.92. The van der Waals surface area contributed by atoms with Gasteiger partial charge in [0.25, 0.3) is 0 Å². The Morgan fingerprint density at radius 3 is 2.87 bits per heavy atom. The molecule has 5 heteroatoms. The van der Waals surface area contributed by atoms with Crippen LogP contribution in [0.4, 0.5) is 0 Å². The number of hydrogen-bond donors (Lipinski definition) is 0. The summed E-state index contributed by atoms with van der Waals surface area (Å²) in [6.07, 6.45) is 0.163. The van der Waals surface area contributed by atoms with Crippen LogP contribution in [0.25, 0.3) is 0 Å². The summed E-state index contributed by atoms with van der Waals surface area (Å²) in [6, 6.07) is 6.61. The van der Waals surface area contributed by atoms with Crippen LogP contribution in [0.1, 0.15) is 12.8 Å². The molecule has 1 aromatic rings. The van der Waals surface area contributed by atoms with E-state index in [0.717, 1.165) is 0 Å². The van der Waals surface area contributed by atoms with Gasteiger partial charge in [0, 0.05) is 6.42 Å². The predicted octanol–water partition coefficient (Wildman–Crippen LogP) is 3.20. The number of nitriles is 1. The van der Waals surface area contributed by atoms with Gasteiger partial charge in [-0.05, 0) is 12.1 Å². The molecule has 0 heterocycles. The van der Waals surface area contributed by atoms with Gasteiger partial charge in [0.1, 0.15) is 5.02 Å². The second-order valence-electron chi connectivity index (χ2n) is 2.68.